The molecule has 0 spiro atoms. The Hall–Kier alpha value is -0.570. The van der Waals surface area contributed by atoms with Gasteiger partial charge >= 0.3 is 0 Å². The van der Waals surface area contributed by atoms with Crippen molar-refractivity contribution in [1.82, 2.24) is 4.98 Å². The average molecular weight is 269 g/mol. The van der Waals surface area contributed by atoms with Crippen molar-refractivity contribution < 1.29 is 0 Å². The molecule has 0 unspecified atom stereocenters. The van der Waals surface area contributed by atoms with Crippen LogP contribution in [0.4, 0.5) is 5.82 Å². The van der Waals surface area contributed by atoms with E-state index in [9.17, 15) is 0 Å². The van der Waals surface area contributed by atoms with Gasteiger partial charge in [-0.3, -0.25) is 0 Å². The molecule has 0 radical (unpaired) electrons. The molecule has 0 aromatic carbocycles. The van der Waals surface area contributed by atoms with Crippen molar-refractivity contribution in [2.24, 2.45) is 5.92 Å². The number of nitrogens with zero attached hydrogens (tertiary/aromatic N) is 2. The molecule has 0 saturated heterocycles. The molecule has 1 fully saturated rings. The second kappa shape index (κ2) is 4.97. The van der Waals surface area contributed by atoms with E-state index < -0.39 is 0 Å². The van der Waals surface area contributed by atoms with E-state index in [0.29, 0.717) is 0 Å². The highest BCUT2D eigenvalue weighted by molar-refractivity contribution is 9.08. The van der Waals surface area contributed by atoms with Crippen LogP contribution >= 0.6 is 15.9 Å². The first kappa shape index (κ1) is 10.9. The van der Waals surface area contributed by atoms with Crippen LogP contribution in [0.2, 0.25) is 0 Å². The van der Waals surface area contributed by atoms with Gasteiger partial charge in [-0.15, -0.1) is 0 Å². The maximum atomic E-state index is 4.50. The Morgan fingerprint density at radius 1 is 1.53 bits per heavy atom. The van der Waals surface area contributed by atoms with Crippen LogP contribution in [-0.4, -0.2) is 18.1 Å². The zero-order valence-corrected chi connectivity index (χ0v) is 10.7. The average Bonchev–Trinajstić information content (AvgIpc) is 3.10. The third-order valence-electron chi connectivity index (χ3n) is 2.87. The zero-order chi connectivity index (χ0) is 10.7. The minimum absolute atomic E-state index is 0.886. The number of anilines is 1. The largest absolute Gasteiger partial charge is 0.356 e. The van der Waals surface area contributed by atoms with Gasteiger partial charge in [-0.05, 0) is 31.7 Å². The lowest BCUT2D eigenvalue weighted by Gasteiger charge is -2.23. The number of pyridine rings is 1. The molecule has 0 N–H and O–H groups in total. The Morgan fingerprint density at radius 3 is 2.93 bits per heavy atom. The lowest BCUT2D eigenvalue weighted by molar-refractivity contribution is 0.729. The molecule has 0 aliphatic heterocycles. The summed E-state index contributed by atoms with van der Waals surface area (Å²) in [5.74, 6) is 2.07. The maximum absolute atomic E-state index is 4.50. The molecule has 1 aliphatic carbocycles. The summed E-state index contributed by atoms with van der Waals surface area (Å²) in [6.07, 6.45) is 4.68. The van der Waals surface area contributed by atoms with Gasteiger partial charge in [-0.2, -0.15) is 0 Å². The predicted molar refractivity (Wildman–Crippen MR) is 67.5 cm³/mol. The minimum atomic E-state index is 0.886. The number of rotatable bonds is 5. The summed E-state index contributed by atoms with van der Waals surface area (Å²) in [5.41, 5.74) is 1.29. The molecule has 1 aromatic heterocycles. The molecule has 2 rings (SSSR count). The molecule has 0 amide bonds. The first-order valence-corrected chi connectivity index (χ1v) is 6.72. The highest BCUT2D eigenvalue weighted by atomic mass is 79.9. The fraction of sp³-hybridized carbons (Fsp3) is 0.583. The molecular weight excluding hydrogens is 252 g/mol. The summed E-state index contributed by atoms with van der Waals surface area (Å²) in [6.45, 7) is 4.43. The number of aromatic nitrogens is 1. The number of halogens is 1. The topological polar surface area (TPSA) is 16.1 Å². The molecule has 3 heteroatoms. The van der Waals surface area contributed by atoms with Crippen LogP contribution in [0.15, 0.2) is 18.3 Å². The first-order chi connectivity index (χ1) is 7.35. The molecule has 2 nitrogen and oxygen atoms in total. The Labute approximate surface area is 99.8 Å². The maximum Gasteiger partial charge on any atom is 0.132 e. The van der Waals surface area contributed by atoms with E-state index in [4.69, 9.17) is 0 Å². The number of alkyl halides is 1. The Balaban J connectivity index is 2.15. The van der Waals surface area contributed by atoms with Crippen molar-refractivity contribution in [3.8, 4) is 0 Å². The van der Waals surface area contributed by atoms with Gasteiger partial charge in [0.15, 0.2) is 0 Å². The monoisotopic (exact) mass is 268 g/mol. The number of hydrogen-bond acceptors (Lipinski definition) is 2. The van der Waals surface area contributed by atoms with E-state index in [2.05, 4.69) is 38.8 Å². The van der Waals surface area contributed by atoms with Crippen molar-refractivity contribution in [2.45, 2.75) is 25.1 Å². The van der Waals surface area contributed by atoms with E-state index in [1.807, 2.05) is 12.3 Å². The third kappa shape index (κ3) is 2.71. The van der Waals surface area contributed by atoms with Crippen molar-refractivity contribution in [2.75, 3.05) is 18.0 Å². The summed E-state index contributed by atoms with van der Waals surface area (Å²) in [6, 6.07) is 4.15. The van der Waals surface area contributed by atoms with Gasteiger partial charge in [0.25, 0.3) is 0 Å². The van der Waals surface area contributed by atoms with Gasteiger partial charge in [-0.25, -0.2) is 4.98 Å². The Kier molecular flexibility index (Phi) is 3.62. The van der Waals surface area contributed by atoms with Crippen LogP contribution in [0.5, 0.6) is 0 Å². The van der Waals surface area contributed by atoms with Gasteiger partial charge in [0.05, 0.1) is 0 Å². The van der Waals surface area contributed by atoms with Crippen LogP contribution < -0.4 is 4.90 Å². The van der Waals surface area contributed by atoms with Crippen LogP contribution in [0.25, 0.3) is 0 Å². The smallest absolute Gasteiger partial charge is 0.132 e. The molecule has 82 valence electrons. The fourth-order valence-corrected chi connectivity index (χ4v) is 2.23. The van der Waals surface area contributed by atoms with Gasteiger partial charge in [0, 0.05) is 30.2 Å². The van der Waals surface area contributed by atoms with Gasteiger partial charge in [0.1, 0.15) is 5.82 Å². The SMILES string of the molecule is CCN(CC1CC1)c1ncccc1CBr. The summed E-state index contributed by atoms with van der Waals surface area (Å²) >= 11 is 3.52. The zero-order valence-electron chi connectivity index (χ0n) is 9.12. The molecule has 1 saturated carbocycles. The van der Waals surface area contributed by atoms with E-state index in [0.717, 1.165) is 23.6 Å². The molecule has 1 aromatic rings. The van der Waals surface area contributed by atoms with Gasteiger partial charge in [-0.1, -0.05) is 22.0 Å². The highest BCUT2D eigenvalue weighted by Crippen LogP contribution is 2.31. The molecule has 1 heterocycles. The second-order valence-electron chi connectivity index (χ2n) is 4.10. The van der Waals surface area contributed by atoms with Gasteiger partial charge in [0.2, 0.25) is 0 Å². The van der Waals surface area contributed by atoms with Crippen LogP contribution in [0.1, 0.15) is 25.3 Å². The van der Waals surface area contributed by atoms with Crippen LogP contribution in [0, 0.1) is 5.92 Å². The summed E-state index contributed by atoms with van der Waals surface area (Å²) in [7, 11) is 0. The van der Waals surface area contributed by atoms with Crippen LogP contribution in [0.3, 0.4) is 0 Å². The molecule has 1 aliphatic rings. The van der Waals surface area contributed by atoms with Crippen molar-refractivity contribution in [3.05, 3.63) is 23.9 Å². The lowest BCUT2D eigenvalue weighted by Crippen LogP contribution is -2.27. The van der Waals surface area contributed by atoms with Gasteiger partial charge < -0.3 is 4.90 Å². The molecule has 0 bridgehead atoms. The summed E-state index contributed by atoms with van der Waals surface area (Å²) in [4.78, 5) is 6.89. The fourth-order valence-electron chi connectivity index (χ4n) is 1.80. The highest BCUT2D eigenvalue weighted by Gasteiger charge is 2.24. The Morgan fingerprint density at radius 2 is 2.33 bits per heavy atom. The quantitative estimate of drug-likeness (QED) is 0.763. The molecular formula is C12H17BrN2. The number of hydrogen-bond donors (Lipinski definition) is 0. The van der Waals surface area contributed by atoms with Crippen LogP contribution in [-0.2, 0) is 5.33 Å². The molecule has 15 heavy (non-hydrogen) atoms. The predicted octanol–water partition coefficient (Wildman–Crippen LogP) is 3.21. The minimum Gasteiger partial charge on any atom is -0.356 e. The first-order valence-electron chi connectivity index (χ1n) is 5.60. The van der Waals surface area contributed by atoms with E-state index in [1.54, 1.807) is 0 Å². The summed E-state index contributed by atoms with van der Waals surface area (Å²) < 4.78 is 0. The van der Waals surface area contributed by atoms with E-state index in [-0.39, 0.29) is 0 Å². The van der Waals surface area contributed by atoms with Crippen molar-refractivity contribution >= 4 is 21.7 Å². The standard InChI is InChI=1S/C12H17BrN2/c1-2-15(9-10-5-6-10)12-11(8-13)4-3-7-14-12/h3-4,7,10H,2,5-6,8-9H2,1H3. The lowest BCUT2D eigenvalue weighted by atomic mass is 10.2. The van der Waals surface area contributed by atoms with Crippen molar-refractivity contribution in [1.29, 1.82) is 0 Å². The molecule has 0 atom stereocenters. The van der Waals surface area contributed by atoms with Crippen molar-refractivity contribution in [3.63, 3.8) is 0 Å². The second-order valence-corrected chi connectivity index (χ2v) is 4.66. The van der Waals surface area contributed by atoms with E-state index >= 15 is 0 Å². The third-order valence-corrected chi connectivity index (χ3v) is 3.47. The Bertz CT molecular complexity index is 323. The summed E-state index contributed by atoms with van der Waals surface area (Å²) in [5, 5.41) is 0.886. The normalized spacial score (nSPS) is 15.3. The van der Waals surface area contributed by atoms with E-state index in [1.165, 1.54) is 24.9 Å².